The molecule has 0 aliphatic heterocycles. The van der Waals surface area contributed by atoms with Crippen LogP contribution in [-0.2, 0) is 12.8 Å². The Labute approximate surface area is 202 Å². The minimum absolute atomic E-state index is 0.983. The van der Waals surface area contributed by atoms with Crippen LogP contribution in [0, 0.1) is 0 Å². The highest BCUT2D eigenvalue weighted by atomic mass is 15.0. The zero-order chi connectivity index (χ0) is 22.7. The van der Waals surface area contributed by atoms with Gasteiger partial charge in [-0.3, -0.25) is 4.40 Å². The van der Waals surface area contributed by atoms with Crippen molar-refractivity contribution in [1.82, 2.24) is 9.38 Å². The Hall–Kier alpha value is -4.43. The molecule has 7 aromatic rings. The standard InChI is InChI=1S/C33H20N2/c1-2-8-22-19(7-1)15-20-13-14-23-25-18-26-24-9-3-5-11-30(24)35-31-12-6-4-10-29(31)34-33(35)28(26)17-21(25)16-27(23)32(20)22/h1-14,17-18H,15-16H2. The van der Waals surface area contributed by atoms with Gasteiger partial charge >= 0.3 is 0 Å². The van der Waals surface area contributed by atoms with E-state index >= 15 is 0 Å². The largest absolute Gasteiger partial charge is 0.292 e. The minimum atomic E-state index is 0.983. The van der Waals surface area contributed by atoms with E-state index in [1.807, 2.05) is 0 Å². The van der Waals surface area contributed by atoms with Crippen LogP contribution in [0.4, 0.5) is 0 Å². The van der Waals surface area contributed by atoms with Gasteiger partial charge in [0.2, 0.25) is 0 Å². The van der Waals surface area contributed by atoms with Crippen molar-refractivity contribution >= 4 is 38.4 Å². The van der Waals surface area contributed by atoms with Crippen molar-refractivity contribution in [3.8, 4) is 22.3 Å². The molecule has 0 N–H and O–H groups in total. The topological polar surface area (TPSA) is 17.3 Å². The van der Waals surface area contributed by atoms with Gasteiger partial charge in [-0.2, -0.15) is 0 Å². The lowest BCUT2D eigenvalue weighted by molar-refractivity contribution is 1.23. The van der Waals surface area contributed by atoms with Crippen molar-refractivity contribution in [3.05, 3.63) is 119 Å². The number of rotatable bonds is 0. The van der Waals surface area contributed by atoms with Gasteiger partial charge in [0.15, 0.2) is 0 Å². The first-order valence-corrected chi connectivity index (χ1v) is 12.3. The molecular weight excluding hydrogens is 424 g/mol. The van der Waals surface area contributed by atoms with Crippen LogP contribution in [0.2, 0.25) is 0 Å². The second kappa shape index (κ2) is 6.17. The van der Waals surface area contributed by atoms with Gasteiger partial charge in [0.25, 0.3) is 0 Å². The van der Waals surface area contributed by atoms with Crippen molar-refractivity contribution in [3.63, 3.8) is 0 Å². The predicted octanol–water partition coefficient (Wildman–Crippen LogP) is 7.94. The number of para-hydroxylation sites is 3. The normalized spacial score (nSPS) is 13.5. The van der Waals surface area contributed by atoms with Gasteiger partial charge in [0.05, 0.1) is 16.6 Å². The van der Waals surface area contributed by atoms with Gasteiger partial charge in [-0.05, 0) is 93.1 Å². The van der Waals surface area contributed by atoms with E-state index < -0.39 is 0 Å². The van der Waals surface area contributed by atoms with Gasteiger partial charge in [-0.1, -0.05) is 66.7 Å². The van der Waals surface area contributed by atoms with Crippen LogP contribution in [0.1, 0.15) is 22.3 Å². The number of fused-ring (bicyclic) bond motifs is 15. The average molecular weight is 445 g/mol. The molecule has 2 aliphatic carbocycles. The number of nitrogens with zero attached hydrogens (tertiary/aromatic N) is 2. The Balaban J connectivity index is 1.40. The lowest BCUT2D eigenvalue weighted by Gasteiger charge is -2.11. The Morgan fingerprint density at radius 3 is 2.34 bits per heavy atom. The second-order valence-corrected chi connectivity index (χ2v) is 9.97. The number of imidazole rings is 1. The molecule has 35 heavy (non-hydrogen) atoms. The van der Waals surface area contributed by atoms with Crippen molar-refractivity contribution in [1.29, 1.82) is 0 Å². The highest BCUT2D eigenvalue weighted by molar-refractivity contribution is 6.15. The first-order valence-electron chi connectivity index (χ1n) is 12.3. The van der Waals surface area contributed by atoms with Crippen LogP contribution in [0.25, 0.3) is 60.6 Å². The summed E-state index contributed by atoms with van der Waals surface area (Å²) in [5.74, 6) is 0. The van der Waals surface area contributed by atoms with Gasteiger partial charge in [-0.25, -0.2) is 4.98 Å². The third-order valence-corrected chi connectivity index (χ3v) is 8.20. The maximum Gasteiger partial charge on any atom is 0.146 e. The van der Waals surface area contributed by atoms with Crippen LogP contribution in [0.5, 0.6) is 0 Å². The molecule has 0 saturated heterocycles. The quantitative estimate of drug-likeness (QED) is 0.217. The number of pyridine rings is 1. The molecule has 0 fully saturated rings. The zero-order valence-electron chi connectivity index (χ0n) is 19.0. The van der Waals surface area contributed by atoms with Crippen LogP contribution < -0.4 is 0 Å². The van der Waals surface area contributed by atoms with Crippen molar-refractivity contribution in [2.75, 3.05) is 0 Å². The minimum Gasteiger partial charge on any atom is -0.292 e. The summed E-state index contributed by atoms with van der Waals surface area (Å²) in [4.78, 5) is 5.12. The van der Waals surface area contributed by atoms with Crippen molar-refractivity contribution in [2.45, 2.75) is 12.8 Å². The highest BCUT2D eigenvalue weighted by Crippen LogP contribution is 2.49. The molecule has 9 rings (SSSR count). The summed E-state index contributed by atoms with van der Waals surface area (Å²) in [5, 5.41) is 3.81. The number of benzene rings is 5. The Bertz CT molecular complexity index is 2060. The third-order valence-electron chi connectivity index (χ3n) is 8.20. The fourth-order valence-electron chi connectivity index (χ4n) is 6.73. The molecule has 0 unspecified atom stereocenters. The molecule has 0 atom stereocenters. The highest BCUT2D eigenvalue weighted by Gasteiger charge is 2.29. The van der Waals surface area contributed by atoms with Crippen LogP contribution in [0.3, 0.4) is 0 Å². The van der Waals surface area contributed by atoms with Gasteiger partial charge in [-0.15, -0.1) is 0 Å². The lowest BCUT2D eigenvalue weighted by Crippen LogP contribution is -1.92. The van der Waals surface area contributed by atoms with Gasteiger partial charge < -0.3 is 0 Å². The summed E-state index contributed by atoms with van der Waals surface area (Å²) in [7, 11) is 0. The van der Waals surface area contributed by atoms with E-state index in [0.29, 0.717) is 0 Å². The first kappa shape index (κ1) is 18.0. The number of hydrogen-bond acceptors (Lipinski definition) is 1. The van der Waals surface area contributed by atoms with E-state index in [1.54, 1.807) is 0 Å². The van der Waals surface area contributed by atoms with E-state index in [2.05, 4.69) is 101 Å². The van der Waals surface area contributed by atoms with Crippen molar-refractivity contribution < 1.29 is 0 Å². The summed E-state index contributed by atoms with van der Waals surface area (Å²) < 4.78 is 2.34. The number of hydrogen-bond donors (Lipinski definition) is 0. The van der Waals surface area contributed by atoms with Crippen LogP contribution in [-0.4, -0.2) is 9.38 Å². The Kier molecular flexibility index (Phi) is 3.16. The molecule has 162 valence electrons. The summed E-state index contributed by atoms with van der Waals surface area (Å²) in [5.41, 5.74) is 16.0. The van der Waals surface area contributed by atoms with E-state index in [0.717, 1.165) is 24.0 Å². The molecule has 2 nitrogen and oxygen atoms in total. The van der Waals surface area contributed by atoms with Crippen LogP contribution >= 0.6 is 0 Å². The molecule has 2 aromatic heterocycles. The Morgan fingerprint density at radius 1 is 0.543 bits per heavy atom. The molecule has 5 aromatic carbocycles. The molecule has 0 bridgehead atoms. The summed E-state index contributed by atoms with van der Waals surface area (Å²) in [6.07, 6.45) is 2.03. The molecule has 0 radical (unpaired) electrons. The average Bonchev–Trinajstić information content (AvgIpc) is 3.58. The SMILES string of the molecule is c1ccc2c(c1)Cc1ccc3c(c1-2)Cc1cc2c(cc1-3)c1ccccc1n1c3ccccc3nc21. The monoisotopic (exact) mass is 444 g/mol. The molecule has 2 aliphatic rings. The zero-order valence-corrected chi connectivity index (χ0v) is 19.0. The third kappa shape index (κ3) is 2.18. The smallest absolute Gasteiger partial charge is 0.146 e. The molecular formula is C33H20N2. The molecule has 0 spiro atoms. The maximum absolute atomic E-state index is 5.12. The number of aromatic nitrogens is 2. The van der Waals surface area contributed by atoms with E-state index in [9.17, 15) is 0 Å². The van der Waals surface area contributed by atoms with E-state index in [4.69, 9.17) is 4.98 Å². The maximum atomic E-state index is 5.12. The fraction of sp³-hybridized carbons (Fsp3) is 0.0606. The first-order chi connectivity index (χ1) is 17.3. The van der Waals surface area contributed by atoms with E-state index in [-0.39, 0.29) is 0 Å². The second-order valence-electron chi connectivity index (χ2n) is 9.97. The van der Waals surface area contributed by atoms with Gasteiger partial charge in [0.1, 0.15) is 5.65 Å². The van der Waals surface area contributed by atoms with Gasteiger partial charge in [0, 0.05) is 10.8 Å². The fourth-order valence-corrected chi connectivity index (χ4v) is 6.73. The molecule has 0 saturated carbocycles. The summed E-state index contributed by atoms with van der Waals surface area (Å²) in [6.45, 7) is 0. The summed E-state index contributed by atoms with van der Waals surface area (Å²) in [6, 6.07) is 35.7. The summed E-state index contributed by atoms with van der Waals surface area (Å²) >= 11 is 0. The molecule has 0 amide bonds. The Morgan fingerprint density at radius 2 is 1.37 bits per heavy atom. The molecule has 2 heteroatoms. The van der Waals surface area contributed by atoms with Crippen LogP contribution in [0.15, 0.2) is 97.1 Å². The van der Waals surface area contributed by atoms with E-state index in [1.165, 1.54) is 71.7 Å². The van der Waals surface area contributed by atoms with Crippen molar-refractivity contribution in [2.24, 2.45) is 0 Å². The lowest BCUT2D eigenvalue weighted by atomic mass is 9.95. The molecule has 2 heterocycles. The predicted molar refractivity (Wildman–Crippen MR) is 144 cm³/mol.